The van der Waals surface area contributed by atoms with Crippen LogP contribution in [0.3, 0.4) is 0 Å². The molecule has 0 bridgehead atoms. The highest BCUT2D eigenvalue weighted by molar-refractivity contribution is 5.82. The minimum Gasteiger partial charge on any atom is -0.480 e. The second kappa shape index (κ2) is 5.83. The number of nitrogens with zero attached hydrogens (tertiary/aromatic N) is 2. The number of hydrogen-bond acceptors (Lipinski definition) is 4. The highest BCUT2D eigenvalue weighted by Crippen LogP contribution is 2.08. The molecule has 7 nitrogen and oxygen atoms in total. The normalized spacial score (nSPS) is 23.2. The summed E-state index contributed by atoms with van der Waals surface area (Å²) < 4.78 is 0. The van der Waals surface area contributed by atoms with Gasteiger partial charge in [-0.25, -0.2) is 9.59 Å². The molecule has 0 aromatic rings. The molecule has 0 aromatic heterocycles. The Bertz CT molecular complexity index is 297. The van der Waals surface area contributed by atoms with E-state index in [0.717, 1.165) is 13.1 Å². The second-order valence-electron chi connectivity index (χ2n) is 4.33. The van der Waals surface area contributed by atoms with Gasteiger partial charge in [0.05, 0.1) is 6.61 Å². The number of carboxylic acids is 1. The molecule has 2 unspecified atom stereocenters. The number of likely N-dealkylation sites (N-methyl/N-ethyl adjacent to an activating group) is 1. The van der Waals surface area contributed by atoms with Crippen LogP contribution in [0, 0.1) is 0 Å². The zero-order valence-electron chi connectivity index (χ0n) is 10.1. The Morgan fingerprint density at radius 2 is 2.12 bits per heavy atom. The molecule has 1 aliphatic heterocycles. The fourth-order valence-electron chi connectivity index (χ4n) is 1.86. The lowest BCUT2D eigenvalue weighted by Gasteiger charge is -2.38. The van der Waals surface area contributed by atoms with E-state index >= 15 is 0 Å². The molecule has 17 heavy (non-hydrogen) atoms. The van der Waals surface area contributed by atoms with Crippen molar-refractivity contribution in [3.8, 4) is 0 Å². The van der Waals surface area contributed by atoms with Gasteiger partial charge in [0.25, 0.3) is 0 Å². The van der Waals surface area contributed by atoms with Crippen LogP contribution in [-0.4, -0.2) is 77.4 Å². The lowest BCUT2D eigenvalue weighted by molar-refractivity contribution is -0.140. The second-order valence-corrected chi connectivity index (χ2v) is 4.33. The minimum atomic E-state index is -1.24. The van der Waals surface area contributed by atoms with Crippen LogP contribution in [0.25, 0.3) is 0 Å². The molecule has 0 radical (unpaired) electrons. The van der Waals surface area contributed by atoms with Gasteiger partial charge >= 0.3 is 12.0 Å². The molecular weight excluding hydrogens is 226 g/mol. The van der Waals surface area contributed by atoms with Gasteiger partial charge in [-0.1, -0.05) is 0 Å². The van der Waals surface area contributed by atoms with Crippen LogP contribution in [-0.2, 0) is 4.79 Å². The van der Waals surface area contributed by atoms with Gasteiger partial charge in [0.2, 0.25) is 0 Å². The molecule has 0 aromatic carbocycles. The van der Waals surface area contributed by atoms with Crippen molar-refractivity contribution < 1.29 is 19.8 Å². The molecule has 1 fully saturated rings. The third-order valence-electron chi connectivity index (χ3n) is 2.87. The number of rotatable bonds is 3. The zero-order chi connectivity index (χ0) is 13.0. The molecule has 0 aliphatic carbocycles. The lowest BCUT2D eigenvalue weighted by Crippen LogP contribution is -2.58. The number of carbonyl (C=O) groups excluding carboxylic acids is 1. The van der Waals surface area contributed by atoms with Crippen LogP contribution in [0.1, 0.15) is 6.92 Å². The first-order valence-corrected chi connectivity index (χ1v) is 5.55. The maximum absolute atomic E-state index is 11.8. The summed E-state index contributed by atoms with van der Waals surface area (Å²) in [5, 5.41) is 19.9. The fraction of sp³-hybridized carbons (Fsp3) is 0.800. The topological polar surface area (TPSA) is 93.1 Å². The van der Waals surface area contributed by atoms with E-state index in [0.29, 0.717) is 6.54 Å². The molecule has 1 rings (SSSR count). The minimum absolute atomic E-state index is 0.0295. The summed E-state index contributed by atoms with van der Waals surface area (Å²) in [5.74, 6) is -1.23. The molecule has 0 saturated carbocycles. The Balaban J connectivity index is 2.55. The molecule has 98 valence electrons. The van der Waals surface area contributed by atoms with Crippen LogP contribution >= 0.6 is 0 Å². The SMILES string of the molecule is CC1CN(C)CCN1C(=O)NC(CO)C(=O)O. The largest absolute Gasteiger partial charge is 0.480 e. The summed E-state index contributed by atoms with van der Waals surface area (Å²) in [5.41, 5.74) is 0. The van der Waals surface area contributed by atoms with Crippen molar-refractivity contribution in [3.63, 3.8) is 0 Å². The maximum atomic E-state index is 11.8. The number of carboxylic acid groups (broad SMARTS) is 1. The number of aliphatic hydroxyl groups is 1. The molecule has 2 amide bonds. The quantitative estimate of drug-likeness (QED) is 0.579. The van der Waals surface area contributed by atoms with Crippen LogP contribution in [0.2, 0.25) is 0 Å². The monoisotopic (exact) mass is 245 g/mol. The Morgan fingerprint density at radius 3 is 2.59 bits per heavy atom. The molecule has 1 aliphatic rings. The number of aliphatic carboxylic acids is 1. The van der Waals surface area contributed by atoms with Crippen LogP contribution in [0.5, 0.6) is 0 Å². The fourth-order valence-corrected chi connectivity index (χ4v) is 1.86. The predicted octanol–water partition coefficient (Wildman–Crippen LogP) is -1.22. The van der Waals surface area contributed by atoms with E-state index in [2.05, 4.69) is 10.2 Å². The van der Waals surface area contributed by atoms with Crippen molar-refractivity contribution in [2.24, 2.45) is 0 Å². The number of urea groups is 1. The van der Waals surface area contributed by atoms with Gasteiger partial charge in [-0.3, -0.25) is 0 Å². The predicted molar refractivity (Wildman–Crippen MR) is 60.7 cm³/mol. The Kier molecular flexibility index (Phi) is 4.71. The maximum Gasteiger partial charge on any atom is 0.328 e. The van der Waals surface area contributed by atoms with Crippen LogP contribution in [0.4, 0.5) is 4.79 Å². The molecule has 2 atom stereocenters. The van der Waals surface area contributed by atoms with E-state index in [-0.39, 0.29) is 6.04 Å². The first kappa shape index (κ1) is 13.7. The number of amides is 2. The van der Waals surface area contributed by atoms with Crippen LogP contribution < -0.4 is 5.32 Å². The van der Waals surface area contributed by atoms with Crippen molar-refractivity contribution in [1.29, 1.82) is 0 Å². The van der Waals surface area contributed by atoms with E-state index in [4.69, 9.17) is 10.2 Å². The van der Waals surface area contributed by atoms with Crippen molar-refractivity contribution in [2.75, 3.05) is 33.3 Å². The number of piperazine rings is 1. The molecular formula is C10H19N3O4. The summed E-state index contributed by atoms with van der Waals surface area (Å²) in [6.07, 6.45) is 0. The third kappa shape index (κ3) is 3.57. The van der Waals surface area contributed by atoms with E-state index < -0.39 is 24.6 Å². The Hall–Kier alpha value is -1.34. The van der Waals surface area contributed by atoms with E-state index in [1.54, 1.807) is 4.90 Å². The average molecular weight is 245 g/mol. The van der Waals surface area contributed by atoms with E-state index in [1.165, 1.54) is 0 Å². The Morgan fingerprint density at radius 1 is 1.47 bits per heavy atom. The van der Waals surface area contributed by atoms with Gasteiger partial charge < -0.3 is 25.3 Å². The van der Waals surface area contributed by atoms with Gasteiger partial charge in [0, 0.05) is 25.7 Å². The highest BCUT2D eigenvalue weighted by Gasteiger charge is 2.28. The zero-order valence-corrected chi connectivity index (χ0v) is 10.1. The smallest absolute Gasteiger partial charge is 0.328 e. The molecule has 1 saturated heterocycles. The van der Waals surface area contributed by atoms with Gasteiger partial charge in [0.15, 0.2) is 6.04 Å². The lowest BCUT2D eigenvalue weighted by atomic mass is 10.2. The summed E-state index contributed by atoms with van der Waals surface area (Å²) in [6.45, 7) is 3.37. The average Bonchev–Trinajstić information content (AvgIpc) is 2.24. The third-order valence-corrected chi connectivity index (χ3v) is 2.87. The number of carbonyl (C=O) groups is 2. The number of hydrogen-bond donors (Lipinski definition) is 3. The summed E-state index contributed by atoms with van der Waals surface area (Å²) in [4.78, 5) is 26.2. The van der Waals surface area contributed by atoms with Gasteiger partial charge in [0.1, 0.15) is 0 Å². The molecule has 7 heteroatoms. The van der Waals surface area contributed by atoms with Crippen LogP contribution in [0.15, 0.2) is 0 Å². The van der Waals surface area contributed by atoms with Gasteiger partial charge in [-0.2, -0.15) is 0 Å². The summed E-state index contributed by atoms with van der Waals surface area (Å²) in [6, 6.07) is -1.65. The van der Waals surface area contributed by atoms with E-state index in [1.807, 2.05) is 14.0 Å². The van der Waals surface area contributed by atoms with Gasteiger partial charge in [-0.15, -0.1) is 0 Å². The summed E-state index contributed by atoms with van der Waals surface area (Å²) >= 11 is 0. The number of nitrogens with one attached hydrogen (secondary N) is 1. The van der Waals surface area contributed by atoms with Gasteiger partial charge in [-0.05, 0) is 14.0 Å². The standard InChI is InChI=1S/C10H19N3O4/c1-7-5-12(2)3-4-13(7)10(17)11-8(6-14)9(15)16/h7-8,14H,3-6H2,1-2H3,(H,11,17)(H,15,16). The van der Waals surface area contributed by atoms with Crippen molar-refractivity contribution >= 4 is 12.0 Å². The summed E-state index contributed by atoms with van der Waals surface area (Å²) in [7, 11) is 1.97. The van der Waals surface area contributed by atoms with Crippen molar-refractivity contribution in [1.82, 2.24) is 15.1 Å². The molecule has 3 N–H and O–H groups in total. The molecule has 1 heterocycles. The van der Waals surface area contributed by atoms with E-state index in [9.17, 15) is 9.59 Å². The van der Waals surface area contributed by atoms with Crippen molar-refractivity contribution in [2.45, 2.75) is 19.0 Å². The highest BCUT2D eigenvalue weighted by atomic mass is 16.4. The first-order valence-electron chi connectivity index (χ1n) is 5.55. The number of aliphatic hydroxyl groups excluding tert-OH is 1. The molecule has 0 spiro atoms. The Labute approximate surface area is 100.0 Å². The first-order chi connectivity index (χ1) is 7.95. The van der Waals surface area contributed by atoms with Crippen molar-refractivity contribution in [3.05, 3.63) is 0 Å².